The predicted molar refractivity (Wildman–Crippen MR) is 96.5 cm³/mol. The number of hydrogen-bond acceptors (Lipinski definition) is 7. The summed E-state index contributed by atoms with van der Waals surface area (Å²) in [6, 6.07) is 11.0. The highest BCUT2D eigenvalue weighted by Crippen LogP contribution is 2.33. The zero-order valence-corrected chi connectivity index (χ0v) is 14.2. The first kappa shape index (κ1) is 17.0. The van der Waals surface area contributed by atoms with Crippen LogP contribution in [0.15, 0.2) is 48.6 Å². The third-order valence-electron chi connectivity index (χ3n) is 4.38. The van der Waals surface area contributed by atoms with E-state index in [1.165, 1.54) is 11.6 Å². The second kappa shape index (κ2) is 6.37. The van der Waals surface area contributed by atoms with Crippen LogP contribution in [0.5, 0.6) is 0 Å². The average Bonchev–Trinajstić information content (AvgIpc) is 2.78. The van der Waals surface area contributed by atoms with Crippen LogP contribution in [0.25, 0.3) is 11.6 Å². The SMILES string of the molecule is Nc1cc(C2=Cc3ccccc3CC2)nc(C2(O)OC(=O)C=CC(=O)O2)c1. The van der Waals surface area contributed by atoms with Gasteiger partial charge in [0.15, 0.2) is 5.69 Å². The van der Waals surface area contributed by atoms with Crippen molar-refractivity contribution in [2.75, 3.05) is 5.73 Å². The lowest BCUT2D eigenvalue weighted by molar-refractivity contribution is -0.332. The minimum absolute atomic E-state index is 0.178. The number of carbonyl (C=O) groups excluding carboxylic acids is 2. The highest BCUT2D eigenvalue weighted by Gasteiger charge is 2.42. The summed E-state index contributed by atoms with van der Waals surface area (Å²) in [4.78, 5) is 27.7. The minimum atomic E-state index is -2.64. The van der Waals surface area contributed by atoms with E-state index in [1.807, 2.05) is 24.3 Å². The van der Waals surface area contributed by atoms with Gasteiger partial charge in [0.1, 0.15) is 0 Å². The number of anilines is 1. The van der Waals surface area contributed by atoms with E-state index in [0.717, 1.165) is 36.1 Å². The summed E-state index contributed by atoms with van der Waals surface area (Å²) >= 11 is 0. The van der Waals surface area contributed by atoms with Crippen LogP contribution in [0.4, 0.5) is 5.69 Å². The number of pyridine rings is 1. The molecule has 4 rings (SSSR count). The maximum Gasteiger partial charge on any atom is 0.421 e. The number of carbonyl (C=O) groups is 2. The number of aryl methyl sites for hydroxylation is 1. The lowest BCUT2D eigenvalue weighted by Crippen LogP contribution is -2.36. The molecule has 0 saturated heterocycles. The normalized spacial score (nSPS) is 18.0. The van der Waals surface area contributed by atoms with E-state index in [2.05, 4.69) is 11.1 Å². The Balaban J connectivity index is 1.76. The molecule has 2 aliphatic rings. The number of esters is 2. The monoisotopic (exact) mass is 364 g/mol. The molecule has 0 saturated carbocycles. The summed E-state index contributed by atoms with van der Waals surface area (Å²) in [7, 11) is 0. The molecule has 7 nitrogen and oxygen atoms in total. The van der Waals surface area contributed by atoms with Crippen molar-refractivity contribution >= 4 is 29.3 Å². The van der Waals surface area contributed by atoms with E-state index >= 15 is 0 Å². The molecule has 1 aromatic carbocycles. The number of ether oxygens (including phenoxy) is 2. The molecule has 1 aliphatic heterocycles. The van der Waals surface area contributed by atoms with Crippen molar-refractivity contribution in [3.8, 4) is 0 Å². The van der Waals surface area contributed by atoms with Crippen molar-refractivity contribution in [3.63, 3.8) is 0 Å². The van der Waals surface area contributed by atoms with E-state index < -0.39 is 17.9 Å². The molecule has 0 atom stereocenters. The predicted octanol–water partition coefficient (Wildman–Crippen LogP) is 1.91. The van der Waals surface area contributed by atoms with E-state index in [9.17, 15) is 14.7 Å². The first-order valence-electron chi connectivity index (χ1n) is 8.36. The van der Waals surface area contributed by atoms with Crippen LogP contribution in [0, 0.1) is 0 Å². The second-order valence-electron chi connectivity index (χ2n) is 6.30. The van der Waals surface area contributed by atoms with Gasteiger partial charge in [-0.3, -0.25) is 0 Å². The van der Waals surface area contributed by atoms with Crippen molar-refractivity contribution in [1.29, 1.82) is 0 Å². The summed E-state index contributed by atoms with van der Waals surface area (Å²) in [6.07, 6.45) is 5.31. The first-order valence-corrected chi connectivity index (χ1v) is 8.36. The number of hydrogen-bond donors (Lipinski definition) is 2. The Hall–Kier alpha value is -3.45. The summed E-state index contributed by atoms with van der Waals surface area (Å²) in [5.41, 5.74) is 9.81. The second-order valence-corrected chi connectivity index (χ2v) is 6.30. The summed E-state index contributed by atoms with van der Waals surface area (Å²) in [6.45, 7) is 0. The molecule has 1 aliphatic carbocycles. The highest BCUT2D eigenvalue weighted by atomic mass is 16.8. The quantitative estimate of drug-likeness (QED) is 0.783. The van der Waals surface area contributed by atoms with Gasteiger partial charge in [-0.05, 0) is 47.8 Å². The van der Waals surface area contributed by atoms with Crippen LogP contribution in [0.3, 0.4) is 0 Å². The molecule has 0 radical (unpaired) electrons. The van der Waals surface area contributed by atoms with Crippen molar-refractivity contribution in [3.05, 3.63) is 71.1 Å². The number of fused-ring (bicyclic) bond motifs is 1. The van der Waals surface area contributed by atoms with Gasteiger partial charge >= 0.3 is 17.9 Å². The Kier molecular flexibility index (Phi) is 4.01. The largest absolute Gasteiger partial charge is 0.421 e. The third-order valence-corrected chi connectivity index (χ3v) is 4.38. The summed E-state index contributed by atoms with van der Waals surface area (Å²) < 4.78 is 9.72. The molecule has 2 heterocycles. The number of benzene rings is 1. The molecule has 7 heteroatoms. The average molecular weight is 364 g/mol. The number of nitrogen functional groups attached to an aromatic ring is 1. The fourth-order valence-electron chi connectivity index (χ4n) is 3.11. The standard InChI is InChI=1S/C20H16N2O5/c21-15-10-16(14-6-5-12-3-1-2-4-13(12)9-14)22-17(11-15)20(25)26-18(23)7-8-19(24)27-20/h1-4,7-11,25H,5-6H2,(H2,21,22). The molecule has 2 aromatic rings. The van der Waals surface area contributed by atoms with Gasteiger partial charge in [0.2, 0.25) is 0 Å². The van der Waals surface area contributed by atoms with Crippen LogP contribution in [-0.4, -0.2) is 22.0 Å². The molecule has 0 fully saturated rings. The van der Waals surface area contributed by atoms with Gasteiger partial charge in [0.25, 0.3) is 0 Å². The van der Waals surface area contributed by atoms with Crippen molar-refractivity contribution in [2.24, 2.45) is 0 Å². The Morgan fingerprint density at radius 2 is 1.74 bits per heavy atom. The van der Waals surface area contributed by atoms with Gasteiger partial charge in [0, 0.05) is 17.8 Å². The molecule has 0 spiro atoms. The zero-order chi connectivity index (χ0) is 19.0. The molecule has 3 N–H and O–H groups in total. The topological polar surface area (TPSA) is 112 Å². The molecule has 136 valence electrons. The molecular weight excluding hydrogens is 348 g/mol. The molecular formula is C20H16N2O5. The van der Waals surface area contributed by atoms with Crippen LogP contribution < -0.4 is 5.73 Å². The number of rotatable bonds is 2. The Morgan fingerprint density at radius 1 is 1.04 bits per heavy atom. The van der Waals surface area contributed by atoms with Gasteiger partial charge in [0.05, 0.1) is 5.69 Å². The van der Waals surface area contributed by atoms with Crippen LogP contribution in [0.2, 0.25) is 0 Å². The van der Waals surface area contributed by atoms with Crippen LogP contribution in [0.1, 0.15) is 28.9 Å². The maximum atomic E-state index is 11.7. The smallest absolute Gasteiger partial charge is 0.399 e. The lowest BCUT2D eigenvalue weighted by atomic mass is 9.90. The van der Waals surface area contributed by atoms with Gasteiger partial charge in [-0.2, -0.15) is 0 Å². The van der Waals surface area contributed by atoms with Crippen molar-refractivity contribution in [2.45, 2.75) is 18.8 Å². The molecule has 27 heavy (non-hydrogen) atoms. The Labute approximate surface area is 154 Å². The zero-order valence-electron chi connectivity index (χ0n) is 14.2. The highest BCUT2D eigenvalue weighted by molar-refractivity contribution is 5.93. The van der Waals surface area contributed by atoms with E-state index in [4.69, 9.17) is 15.2 Å². The summed E-state index contributed by atoms with van der Waals surface area (Å²) in [5, 5.41) is 10.6. The Bertz CT molecular complexity index is 989. The summed E-state index contributed by atoms with van der Waals surface area (Å²) in [5.74, 6) is -4.51. The van der Waals surface area contributed by atoms with Gasteiger partial charge in [-0.15, -0.1) is 0 Å². The number of cyclic esters (lactones) is 2. The van der Waals surface area contributed by atoms with E-state index in [0.29, 0.717) is 5.69 Å². The van der Waals surface area contributed by atoms with Crippen LogP contribution in [-0.2, 0) is 31.5 Å². The molecule has 0 amide bonds. The first-order chi connectivity index (χ1) is 12.9. The van der Waals surface area contributed by atoms with Gasteiger partial charge < -0.3 is 20.3 Å². The molecule has 0 bridgehead atoms. The van der Waals surface area contributed by atoms with Crippen molar-refractivity contribution in [1.82, 2.24) is 4.98 Å². The number of allylic oxidation sites excluding steroid dienone is 1. The number of aromatic nitrogens is 1. The third kappa shape index (κ3) is 3.32. The minimum Gasteiger partial charge on any atom is -0.399 e. The van der Waals surface area contributed by atoms with Gasteiger partial charge in [-0.1, -0.05) is 24.3 Å². The molecule has 1 aromatic heterocycles. The van der Waals surface area contributed by atoms with Crippen LogP contribution >= 0.6 is 0 Å². The van der Waals surface area contributed by atoms with E-state index in [1.54, 1.807) is 6.07 Å². The number of nitrogens with zero attached hydrogens (tertiary/aromatic N) is 1. The lowest BCUT2D eigenvalue weighted by Gasteiger charge is -2.25. The van der Waals surface area contributed by atoms with Crippen molar-refractivity contribution < 1.29 is 24.2 Å². The van der Waals surface area contributed by atoms with E-state index in [-0.39, 0.29) is 11.4 Å². The fourth-order valence-corrected chi connectivity index (χ4v) is 3.11. The fraction of sp³-hybridized carbons (Fsp3) is 0.150. The molecule has 0 unspecified atom stereocenters. The number of nitrogens with two attached hydrogens (primary N) is 1. The van der Waals surface area contributed by atoms with Gasteiger partial charge in [-0.25, -0.2) is 14.6 Å². The maximum absolute atomic E-state index is 11.7. The Morgan fingerprint density at radius 3 is 2.48 bits per heavy atom. The number of aliphatic hydroxyl groups is 1.